The predicted molar refractivity (Wildman–Crippen MR) is 169 cm³/mol. The largest absolute Gasteiger partial charge is 0.505 e. The van der Waals surface area contributed by atoms with E-state index in [0.717, 1.165) is 11.1 Å². The van der Waals surface area contributed by atoms with E-state index >= 15 is 0 Å². The number of carbonyl (C=O) groups excluding carboxylic acids is 2. The van der Waals surface area contributed by atoms with Gasteiger partial charge >= 0.3 is 5.91 Å². The SMILES string of the molecule is COc1ccc2nc(N3C(=O)C(=O)/C(=C(/O)c4c(C)nc5ccccn45)C3c3ccc(OCCC(C)C)c(OC)c3)sc2c1. The third-order valence-corrected chi connectivity index (χ3v) is 8.64. The van der Waals surface area contributed by atoms with E-state index in [1.165, 1.54) is 23.3 Å². The summed E-state index contributed by atoms with van der Waals surface area (Å²) in [7, 11) is 3.11. The number of ether oxygens (including phenoxy) is 3. The number of carbonyl (C=O) groups is 2. The van der Waals surface area contributed by atoms with Crippen LogP contribution in [0.1, 0.15) is 43.3 Å². The van der Waals surface area contributed by atoms with Crippen LogP contribution >= 0.6 is 11.3 Å². The molecule has 1 atom stereocenters. The van der Waals surface area contributed by atoms with E-state index < -0.39 is 17.7 Å². The van der Waals surface area contributed by atoms with Crippen LogP contribution in [0, 0.1) is 12.8 Å². The first-order chi connectivity index (χ1) is 21.2. The lowest BCUT2D eigenvalue weighted by molar-refractivity contribution is -0.132. The maximum absolute atomic E-state index is 13.9. The van der Waals surface area contributed by atoms with Gasteiger partial charge in [-0.15, -0.1) is 0 Å². The lowest BCUT2D eigenvalue weighted by Crippen LogP contribution is -2.29. The molecule has 0 aliphatic carbocycles. The Morgan fingerprint density at radius 3 is 2.59 bits per heavy atom. The Morgan fingerprint density at radius 2 is 1.84 bits per heavy atom. The van der Waals surface area contributed by atoms with Crippen molar-refractivity contribution >= 4 is 49.8 Å². The van der Waals surface area contributed by atoms with Gasteiger partial charge in [0.05, 0.1) is 48.4 Å². The number of thiazole rings is 1. The number of benzene rings is 2. The van der Waals surface area contributed by atoms with Crippen LogP contribution in [0.5, 0.6) is 17.2 Å². The lowest BCUT2D eigenvalue weighted by Gasteiger charge is -2.24. The average molecular weight is 613 g/mol. The fraction of sp³-hybridized carbons (Fsp3) is 0.273. The molecule has 5 aromatic rings. The normalized spacial score (nSPS) is 16.4. The summed E-state index contributed by atoms with van der Waals surface area (Å²) >= 11 is 1.26. The van der Waals surface area contributed by atoms with Gasteiger partial charge in [0.15, 0.2) is 22.4 Å². The van der Waals surface area contributed by atoms with E-state index in [1.807, 2.05) is 12.1 Å². The van der Waals surface area contributed by atoms with E-state index in [2.05, 4.69) is 18.8 Å². The van der Waals surface area contributed by atoms with E-state index in [0.29, 0.717) is 63.0 Å². The highest BCUT2D eigenvalue weighted by Gasteiger charge is 2.49. The summed E-state index contributed by atoms with van der Waals surface area (Å²) in [6.07, 6.45) is 2.62. The highest BCUT2D eigenvalue weighted by molar-refractivity contribution is 7.22. The van der Waals surface area contributed by atoms with Gasteiger partial charge < -0.3 is 19.3 Å². The molecule has 1 unspecified atom stereocenters. The van der Waals surface area contributed by atoms with Crippen molar-refractivity contribution in [3.8, 4) is 17.2 Å². The van der Waals surface area contributed by atoms with Crippen LogP contribution in [0.3, 0.4) is 0 Å². The number of fused-ring (bicyclic) bond motifs is 2. The first kappa shape index (κ1) is 29.2. The second-order valence-corrected chi connectivity index (χ2v) is 11.9. The third kappa shape index (κ3) is 5.02. The quantitative estimate of drug-likeness (QED) is 0.117. The Kier molecular flexibility index (Phi) is 7.73. The molecule has 1 aliphatic rings. The molecule has 1 fully saturated rings. The maximum atomic E-state index is 13.9. The zero-order valence-electron chi connectivity index (χ0n) is 25.0. The minimum atomic E-state index is -1.01. The molecule has 3 aromatic heterocycles. The molecular weight excluding hydrogens is 580 g/mol. The van der Waals surface area contributed by atoms with E-state index in [9.17, 15) is 14.7 Å². The summed E-state index contributed by atoms with van der Waals surface area (Å²) in [5.41, 5.74) is 2.56. The van der Waals surface area contributed by atoms with Gasteiger partial charge in [-0.25, -0.2) is 9.97 Å². The van der Waals surface area contributed by atoms with Gasteiger partial charge in [-0.2, -0.15) is 0 Å². The van der Waals surface area contributed by atoms with Crippen LogP contribution in [0.15, 0.2) is 66.4 Å². The maximum Gasteiger partial charge on any atom is 0.301 e. The summed E-state index contributed by atoms with van der Waals surface area (Å²) in [6, 6.07) is 15.1. The van der Waals surface area contributed by atoms with E-state index in [1.54, 1.807) is 67.1 Å². The first-order valence-electron chi connectivity index (χ1n) is 14.2. The monoisotopic (exact) mass is 612 g/mol. The molecule has 0 radical (unpaired) electrons. The number of aliphatic hydroxyl groups is 1. The zero-order valence-corrected chi connectivity index (χ0v) is 25.8. The van der Waals surface area contributed by atoms with Gasteiger partial charge in [0.1, 0.15) is 17.1 Å². The van der Waals surface area contributed by atoms with Crippen molar-refractivity contribution in [2.24, 2.45) is 5.92 Å². The number of nitrogens with zero attached hydrogens (tertiary/aromatic N) is 4. The van der Waals surface area contributed by atoms with Crippen LogP contribution in [-0.2, 0) is 9.59 Å². The van der Waals surface area contributed by atoms with Crippen LogP contribution < -0.4 is 19.1 Å². The number of hydrogen-bond acceptors (Lipinski definition) is 9. The second-order valence-electron chi connectivity index (χ2n) is 10.9. The lowest BCUT2D eigenvalue weighted by atomic mass is 9.96. The Morgan fingerprint density at radius 1 is 1.02 bits per heavy atom. The molecule has 11 heteroatoms. The molecule has 1 N–H and O–H groups in total. The number of imidazole rings is 1. The molecule has 4 heterocycles. The molecule has 44 heavy (non-hydrogen) atoms. The fourth-order valence-electron chi connectivity index (χ4n) is 5.37. The van der Waals surface area contributed by atoms with Crippen LogP contribution in [-0.4, -0.2) is 52.0 Å². The Hall–Kier alpha value is -4.90. The van der Waals surface area contributed by atoms with E-state index in [4.69, 9.17) is 19.2 Å². The van der Waals surface area contributed by atoms with Crippen molar-refractivity contribution in [2.45, 2.75) is 33.2 Å². The molecule has 2 aromatic carbocycles. The number of rotatable bonds is 9. The van der Waals surface area contributed by atoms with Gasteiger partial charge in [-0.1, -0.05) is 37.3 Å². The van der Waals surface area contributed by atoms with Gasteiger partial charge in [-0.05, 0) is 67.3 Å². The topological polar surface area (TPSA) is 115 Å². The van der Waals surface area contributed by atoms with Crippen molar-refractivity contribution in [1.82, 2.24) is 14.4 Å². The summed E-state index contributed by atoms with van der Waals surface area (Å²) < 4.78 is 19.5. The molecule has 0 saturated carbocycles. The van der Waals surface area contributed by atoms with Crippen molar-refractivity contribution < 1.29 is 28.9 Å². The third-order valence-electron chi connectivity index (χ3n) is 7.62. The van der Waals surface area contributed by atoms with Gasteiger partial charge in [0.25, 0.3) is 5.78 Å². The Labute approximate surface area is 258 Å². The van der Waals surface area contributed by atoms with Gasteiger partial charge in [0, 0.05) is 6.20 Å². The smallest absolute Gasteiger partial charge is 0.301 e. The molecule has 1 amide bonds. The number of aliphatic hydroxyl groups excluding tert-OH is 1. The van der Waals surface area contributed by atoms with Gasteiger partial charge in [0.2, 0.25) is 0 Å². The molecule has 10 nitrogen and oxygen atoms in total. The predicted octanol–water partition coefficient (Wildman–Crippen LogP) is 6.32. The van der Waals surface area contributed by atoms with Crippen LogP contribution in [0.25, 0.3) is 21.6 Å². The molecule has 0 bridgehead atoms. The highest BCUT2D eigenvalue weighted by atomic mass is 32.1. The zero-order chi connectivity index (χ0) is 31.1. The summed E-state index contributed by atoms with van der Waals surface area (Å²) in [5, 5.41) is 12.2. The minimum Gasteiger partial charge on any atom is -0.505 e. The van der Waals surface area contributed by atoms with Crippen molar-refractivity contribution in [3.05, 3.63) is 83.3 Å². The number of aryl methyl sites for hydroxylation is 1. The number of ketones is 1. The molecule has 0 spiro atoms. The van der Waals surface area contributed by atoms with Crippen molar-refractivity contribution in [2.75, 3.05) is 25.7 Å². The Bertz CT molecular complexity index is 1940. The summed E-state index contributed by atoms with van der Waals surface area (Å²) in [5.74, 6) is 0.140. The number of hydrogen-bond donors (Lipinski definition) is 1. The number of pyridine rings is 1. The number of anilines is 1. The van der Waals surface area contributed by atoms with Crippen molar-refractivity contribution in [3.63, 3.8) is 0 Å². The Balaban J connectivity index is 1.54. The van der Waals surface area contributed by atoms with Crippen LogP contribution in [0.4, 0.5) is 5.13 Å². The highest BCUT2D eigenvalue weighted by Crippen LogP contribution is 2.46. The number of methoxy groups -OCH3 is 2. The number of amides is 1. The van der Waals surface area contributed by atoms with Crippen LogP contribution in [0.2, 0.25) is 0 Å². The molecule has 1 aliphatic heterocycles. The molecule has 1 saturated heterocycles. The fourth-order valence-corrected chi connectivity index (χ4v) is 6.39. The van der Waals surface area contributed by atoms with Crippen molar-refractivity contribution in [1.29, 1.82) is 0 Å². The second kappa shape index (κ2) is 11.6. The van der Waals surface area contributed by atoms with E-state index in [-0.39, 0.29) is 11.3 Å². The minimum absolute atomic E-state index is 0.0730. The number of aromatic nitrogens is 3. The molecular formula is C33H32N4O6S. The van der Waals surface area contributed by atoms with Gasteiger partial charge in [-0.3, -0.25) is 18.9 Å². The average Bonchev–Trinajstić information content (AvgIpc) is 3.66. The standard InChI is InChI=1S/C33H32N4O6S/c1-18(2)13-15-43-23-12-9-20(16-24(23)42-5)29-27(30(38)28-19(3)34-26-8-6-7-14-36(26)28)31(39)32(40)37(29)33-35-22-11-10-21(41-4)17-25(22)44-33/h6-12,14,16-18,29,38H,13,15H2,1-5H3/b30-27+. The summed E-state index contributed by atoms with van der Waals surface area (Å²) in [4.78, 5) is 38.3. The molecule has 226 valence electrons. The number of Topliss-reactive ketones (excluding diaryl/α,β-unsaturated/α-hetero) is 1. The first-order valence-corrected chi connectivity index (χ1v) is 15.0. The molecule has 6 rings (SSSR count). The summed E-state index contributed by atoms with van der Waals surface area (Å²) in [6.45, 7) is 6.50.